The maximum Gasteiger partial charge on any atom is 0.338 e. The molecule has 4 N–H and O–H groups in total. The molecule has 0 atom stereocenters. The molecule has 0 heterocycles. The molecule has 10 heteroatoms. The number of hydrogen-bond donors (Lipinski definition) is 2. The second-order valence-electron chi connectivity index (χ2n) is 7.71. The van der Waals surface area contributed by atoms with Gasteiger partial charge in [0.2, 0.25) is 0 Å². The molecule has 0 radical (unpaired) electrons. The minimum absolute atomic E-state index is 0.0791. The smallest absolute Gasteiger partial charge is 0.338 e. The van der Waals surface area contributed by atoms with Crippen LogP contribution in [0.3, 0.4) is 0 Å². The highest BCUT2D eigenvalue weighted by Crippen LogP contribution is 2.31. The van der Waals surface area contributed by atoms with Crippen LogP contribution in [-0.2, 0) is 28.5 Å². The lowest BCUT2D eigenvalue weighted by molar-refractivity contribution is -0.140. The number of rotatable bonds is 11. The molecule has 2 rings (SSSR count). The zero-order valence-electron chi connectivity index (χ0n) is 20.1. The number of anilines is 2. The molecule has 0 amide bonds. The lowest BCUT2D eigenvalue weighted by Gasteiger charge is -2.15. The first-order chi connectivity index (χ1) is 17.0. The van der Waals surface area contributed by atoms with Crippen molar-refractivity contribution in [2.45, 2.75) is 13.8 Å². The van der Waals surface area contributed by atoms with E-state index in [0.29, 0.717) is 22.5 Å². The van der Waals surface area contributed by atoms with Crippen molar-refractivity contribution in [3.05, 3.63) is 71.8 Å². The maximum absolute atomic E-state index is 12.8. The van der Waals surface area contributed by atoms with E-state index in [-0.39, 0.29) is 48.7 Å². The van der Waals surface area contributed by atoms with Gasteiger partial charge in [0.15, 0.2) is 0 Å². The monoisotopic (exact) mass is 496 g/mol. The lowest BCUT2D eigenvalue weighted by Crippen LogP contribution is -2.16. The maximum atomic E-state index is 12.8. The third kappa shape index (κ3) is 7.73. The van der Waals surface area contributed by atoms with Gasteiger partial charge in [0.1, 0.15) is 26.4 Å². The molecule has 2 aromatic rings. The fourth-order valence-electron chi connectivity index (χ4n) is 2.87. The molecule has 0 bridgehead atoms. The largest absolute Gasteiger partial charge is 0.459 e. The molecule has 190 valence electrons. The molecule has 0 spiro atoms. The Morgan fingerprint density at radius 1 is 0.639 bits per heavy atom. The van der Waals surface area contributed by atoms with Crippen LogP contribution in [0.25, 0.3) is 11.1 Å². The van der Waals surface area contributed by atoms with Gasteiger partial charge in [0.05, 0.1) is 11.1 Å². The van der Waals surface area contributed by atoms with Crippen LogP contribution in [0.5, 0.6) is 0 Å². The van der Waals surface area contributed by atoms with Gasteiger partial charge in [-0.3, -0.25) is 0 Å². The van der Waals surface area contributed by atoms with Crippen LogP contribution in [0.4, 0.5) is 11.4 Å². The van der Waals surface area contributed by atoms with Crippen molar-refractivity contribution < 1.29 is 38.1 Å². The molecule has 0 aliphatic carbocycles. The summed E-state index contributed by atoms with van der Waals surface area (Å²) in [4.78, 5) is 48.6. The summed E-state index contributed by atoms with van der Waals surface area (Å²) in [6.45, 7) is 9.20. The van der Waals surface area contributed by atoms with Gasteiger partial charge in [-0.25, -0.2) is 19.2 Å². The minimum atomic E-state index is -0.744. The molecule has 0 fully saturated rings. The van der Waals surface area contributed by atoms with E-state index in [1.807, 2.05) is 0 Å². The Kier molecular flexibility index (Phi) is 9.79. The normalized spacial score (nSPS) is 10.2. The highest BCUT2D eigenvalue weighted by molar-refractivity contribution is 6.04. The van der Waals surface area contributed by atoms with Crippen LogP contribution >= 0.6 is 0 Å². The molecule has 36 heavy (non-hydrogen) atoms. The predicted octanol–water partition coefficient (Wildman–Crippen LogP) is 3.07. The number of ether oxygens (including phenoxy) is 4. The summed E-state index contributed by atoms with van der Waals surface area (Å²) in [6, 6.07) is 9.04. The molecule has 2 aromatic carbocycles. The van der Waals surface area contributed by atoms with E-state index in [2.05, 4.69) is 13.2 Å². The summed E-state index contributed by atoms with van der Waals surface area (Å²) in [6.07, 6.45) is 0. The van der Waals surface area contributed by atoms with Crippen LogP contribution in [0.2, 0.25) is 0 Å². The summed E-state index contributed by atoms with van der Waals surface area (Å²) in [5.41, 5.74) is 13.6. The molecule has 0 saturated carbocycles. The van der Waals surface area contributed by atoms with Crippen LogP contribution in [0.1, 0.15) is 34.6 Å². The van der Waals surface area contributed by atoms with E-state index in [1.165, 1.54) is 26.0 Å². The summed E-state index contributed by atoms with van der Waals surface area (Å²) in [5, 5.41) is 0. The second-order valence-corrected chi connectivity index (χ2v) is 7.71. The number of nitrogens with two attached hydrogens (primary N) is 2. The first-order valence-electron chi connectivity index (χ1n) is 10.8. The van der Waals surface area contributed by atoms with Crippen molar-refractivity contribution in [2.24, 2.45) is 0 Å². The second kappa shape index (κ2) is 12.7. The Hall–Kier alpha value is -4.60. The van der Waals surface area contributed by atoms with Gasteiger partial charge in [0, 0.05) is 22.5 Å². The lowest BCUT2D eigenvalue weighted by atomic mass is 9.94. The number of nitrogen functional groups attached to an aromatic ring is 2. The van der Waals surface area contributed by atoms with E-state index in [1.54, 1.807) is 24.3 Å². The Bertz CT molecular complexity index is 1110. The number of carbonyl (C=O) groups excluding carboxylic acids is 4. The predicted molar refractivity (Wildman–Crippen MR) is 133 cm³/mol. The first-order valence-corrected chi connectivity index (χ1v) is 10.8. The number of benzene rings is 2. The zero-order valence-corrected chi connectivity index (χ0v) is 20.1. The quantitative estimate of drug-likeness (QED) is 0.156. The summed E-state index contributed by atoms with van der Waals surface area (Å²) in [5.74, 6) is -2.69. The highest BCUT2D eigenvalue weighted by atomic mass is 16.6. The zero-order chi connectivity index (χ0) is 26.8. The van der Waals surface area contributed by atoms with Crippen LogP contribution in [0.15, 0.2) is 60.7 Å². The molecule has 0 saturated heterocycles. The summed E-state index contributed by atoms with van der Waals surface area (Å²) < 4.78 is 20.3. The molecule has 10 nitrogen and oxygen atoms in total. The number of carbonyl (C=O) groups is 4. The average molecular weight is 497 g/mol. The standard InChI is InChI=1S/C26H28N2O8/c1-15(2)23(29)33-9-11-35-25(31)21-13-17(27)5-7-19(21)20-8-6-18(28)14-22(20)26(32)36-12-10-34-24(30)16(3)4/h5-8,13-14H,1,3,9-12,27-28H2,2,4H3. The van der Waals surface area contributed by atoms with E-state index >= 15 is 0 Å². The van der Waals surface area contributed by atoms with Gasteiger partial charge in [-0.15, -0.1) is 0 Å². The fourth-order valence-corrected chi connectivity index (χ4v) is 2.87. The fraction of sp³-hybridized carbons (Fsp3) is 0.231. The van der Waals surface area contributed by atoms with E-state index in [9.17, 15) is 19.2 Å². The molecular weight excluding hydrogens is 468 g/mol. The summed E-state index contributed by atoms with van der Waals surface area (Å²) >= 11 is 0. The Balaban J connectivity index is 2.22. The van der Waals surface area contributed by atoms with Crippen LogP contribution < -0.4 is 11.5 Å². The van der Waals surface area contributed by atoms with Crippen LogP contribution in [-0.4, -0.2) is 50.3 Å². The molecular formula is C26H28N2O8. The van der Waals surface area contributed by atoms with E-state index in [0.717, 1.165) is 0 Å². The Labute approximate surface area is 208 Å². The SMILES string of the molecule is C=C(C)C(=O)OCCOC(=O)c1cc(N)ccc1-c1ccc(N)cc1C(=O)OCCOC(=O)C(=C)C. The number of esters is 4. The average Bonchev–Trinajstić information content (AvgIpc) is 2.83. The van der Waals surface area contributed by atoms with Crippen molar-refractivity contribution in [2.75, 3.05) is 37.9 Å². The highest BCUT2D eigenvalue weighted by Gasteiger charge is 2.21. The van der Waals surface area contributed by atoms with E-state index < -0.39 is 23.9 Å². The van der Waals surface area contributed by atoms with Gasteiger partial charge < -0.3 is 30.4 Å². The Morgan fingerprint density at radius 3 is 1.31 bits per heavy atom. The van der Waals surface area contributed by atoms with Crippen molar-refractivity contribution in [3.8, 4) is 11.1 Å². The van der Waals surface area contributed by atoms with Crippen molar-refractivity contribution in [3.63, 3.8) is 0 Å². The third-order valence-corrected chi connectivity index (χ3v) is 4.61. The van der Waals surface area contributed by atoms with Gasteiger partial charge in [-0.1, -0.05) is 25.3 Å². The van der Waals surface area contributed by atoms with E-state index in [4.69, 9.17) is 30.4 Å². The van der Waals surface area contributed by atoms with Crippen molar-refractivity contribution in [1.29, 1.82) is 0 Å². The molecule has 0 aliphatic heterocycles. The summed E-state index contributed by atoms with van der Waals surface area (Å²) in [7, 11) is 0. The van der Waals surface area contributed by atoms with Gasteiger partial charge in [-0.05, 0) is 49.2 Å². The number of hydrogen-bond acceptors (Lipinski definition) is 10. The molecule has 0 unspecified atom stereocenters. The van der Waals surface area contributed by atoms with Crippen molar-refractivity contribution in [1.82, 2.24) is 0 Å². The Morgan fingerprint density at radius 2 is 0.972 bits per heavy atom. The van der Waals surface area contributed by atoms with Gasteiger partial charge in [0.25, 0.3) is 0 Å². The van der Waals surface area contributed by atoms with Crippen molar-refractivity contribution >= 4 is 35.3 Å². The van der Waals surface area contributed by atoms with Gasteiger partial charge >= 0.3 is 23.9 Å². The van der Waals surface area contributed by atoms with Gasteiger partial charge in [-0.2, -0.15) is 0 Å². The van der Waals surface area contributed by atoms with Crippen LogP contribution in [0, 0.1) is 0 Å². The molecule has 0 aliphatic rings. The third-order valence-electron chi connectivity index (χ3n) is 4.61. The topological polar surface area (TPSA) is 157 Å². The minimum Gasteiger partial charge on any atom is -0.459 e. The molecule has 0 aromatic heterocycles. The first kappa shape index (κ1) is 27.6.